The Hall–Kier alpha value is -0.570. The Morgan fingerprint density at radius 1 is 1.36 bits per heavy atom. The molecular formula is C8H16N2O. The Morgan fingerprint density at radius 3 is 2.55 bits per heavy atom. The fourth-order valence-corrected chi connectivity index (χ4v) is 1.74. The third-order valence-electron chi connectivity index (χ3n) is 2.28. The van der Waals surface area contributed by atoms with Gasteiger partial charge in [-0.1, -0.05) is 0 Å². The number of likely N-dealkylation sites (N-methyl/N-ethyl adjacent to an activating group) is 1. The fourth-order valence-electron chi connectivity index (χ4n) is 1.74. The van der Waals surface area contributed by atoms with Gasteiger partial charge in [0.1, 0.15) is 0 Å². The first-order chi connectivity index (χ1) is 5.24. The molecule has 64 valence electrons. The summed E-state index contributed by atoms with van der Waals surface area (Å²) in [6.07, 6.45) is 3.52. The van der Waals surface area contributed by atoms with Crippen LogP contribution in [0.3, 0.4) is 0 Å². The van der Waals surface area contributed by atoms with Gasteiger partial charge in [-0.05, 0) is 26.3 Å². The Kier molecular flexibility index (Phi) is 2.88. The van der Waals surface area contributed by atoms with Crippen LogP contribution in [0.2, 0.25) is 0 Å². The summed E-state index contributed by atoms with van der Waals surface area (Å²) in [5.41, 5.74) is 0. The van der Waals surface area contributed by atoms with Gasteiger partial charge in [-0.25, -0.2) is 0 Å². The van der Waals surface area contributed by atoms with Crippen LogP contribution >= 0.6 is 0 Å². The lowest BCUT2D eigenvalue weighted by Crippen LogP contribution is -2.44. The highest BCUT2D eigenvalue weighted by atomic mass is 16.1. The second-order valence-electron chi connectivity index (χ2n) is 3.13. The molecule has 0 bridgehead atoms. The van der Waals surface area contributed by atoms with E-state index < -0.39 is 0 Å². The molecule has 1 fully saturated rings. The molecule has 0 saturated heterocycles. The van der Waals surface area contributed by atoms with Gasteiger partial charge in [0.2, 0.25) is 5.91 Å². The molecule has 1 amide bonds. The summed E-state index contributed by atoms with van der Waals surface area (Å²) in [5.74, 6) is 0.0807. The van der Waals surface area contributed by atoms with E-state index in [1.807, 2.05) is 7.05 Å². The van der Waals surface area contributed by atoms with Crippen molar-refractivity contribution in [3.63, 3.8) is 0 Å². The lowest BCUT2D eigenvalue weighted by molar-refractivity contribution is -0.119. The Morgan fingerprint density at radius 2 is 2.00 bits per heavy atom. The molecule has 1 aliphatic carbocycles. The molecule has 11 heavy (non-hydrogen) atoms. The highest BCUT2D eigenvalue weighted by Gasteiger charge is 2.25. The molecule has 0 unspecified atom stereocenters. The quantitative estimate of drug-likeness (QED) is 0.602. The van der Waals surface area contributed by atoms with Crippen LogP contribution in [0.4, 0.5) is 0 Å². The van der Waals surface area contributed by atoms with Crippen molar-refractivity contribution in [2.75, 3.05) is 7.05 Å². The molecule has 1 rings (SSSR count). The number of carbonyl (C=O) groups is 1. The molecular weight excluding hydrogens is 140 g/mol. The third kappa shape index (κ3) is 2.19. The van der Waals surface area contributed by atoms with Gasteiger partial charge in [-0.3, -0.25) is 4.79 Å². The highest BCUT2D eigenvalue weighted by molar-refractivity contribution is 5.73. The molecule has 3 heteroatoms. The lowest BCUT2D eigenvalue weighted by Gasteiger charge is -2.19. The number of carbonyl (C=O) groups excluding carboxylic acids is 1. The maximum Gasteiger partial charge on any atom is 0.217 e. The average molecular weight is 156 g/mol. The number of nitrogens with one attached hydrogen (secondary N) is 2. The topological polar surface area (TPSA) is 41.1 Å². The van der Waals surface area contributed by atoms with E-state index >= 15 is 0 Å². The van der Waals surface area contributed by atoms with E-state index in [2.05, 4.69) is 10.6 Å². The predicted octanol–water partition coefficient (Wildman–Crippen LogP) is 0.263. The third-order valence-corrected chi connectivity index (χ3v) is 2.28. The number of rotatable bonds is 2. The van der Waals surface area contributed by atoms with Gasteiger partial charge in [0.15, 0.2) is 0 Å². The predicted molar refractivity (Wildman–Crippen MR) is 44.3 cm³/mol. The largest absolute Gasteiger partial charge is 0.352 e. The number of amides is 1. The average Bonchev–Trinajstić information content (AvgIpc) is 2.34. The van der Waals surface area contributed by atoms with Crippen LogP contribution in [-0.4, -0.2) is 25.0 Å². The normalized spacial score (nSPS) is 30.4. The first-order valence-electron chi connectivity index (χ1n) is 4.18. The van der Waals surface area contributed by atoms with Crippen molar-refractivity contribution < 1.29 is 4.79 Å². The fraction of sp³-hybridized carbons (Fsp3) is 0.875. The van der Waals surface area contributed by atoms with E-state index in [0.717, 1.165) is 6.42 Å². The molecule has 3 nitrogen and oxygen atoms in total. The van der Waals surface area contributed by atoms with Crippen molar-refractivity contribution in [2.24, 2.45) is 0 Å². The zero-order chi connectivity index (χ0) is 8.27. The van der Waals surface area contributed by atoms with Gasteiger partial charge < -0.3 is 10.6 Å². The summed E-state index contributed by atoms with van der Waals surface area (Å²) in [7, 11) is 1.95. The van der Waals surface area contributed by atoms with Gasteiger partial charge in [0.25, 0.3) is 0 Å². The van der Waals surface area contributed by atoms with Crippen LogP contribution in [0.15, 0.2) is 0 Å². The maximum absolute atomic E-state index is 10.7. The summed E-state index contributed by atoms with van der Waals surface area (Å²) in [5, 5.41) is 6.15. The standard InChI is InChI=1S/C8H16N2O/c1-6(11)10-8-5-3-4-7(8)9-2/h7-9H,3-5H2,1-2H3,(H,10,11)/t7-,8-/m1/s1. The van der Waals surface area contributed by atoms with Crippen molar-refractivity contribution >= 4 is 5.91 Å². The summed E-state index contributed by atoms with van der Waals surface area (Å²) in [6, 6.07) is 0.844. The van der Waals surface area contributed by atoms with Gasteiger partial charge in [-0.2, -0.15) is 0 Å². The van der Waals surface area contributed by atoms with E-state index in [0.29, 0.717) is 12.1 Å². The molecule has 0 aromatic rings. The smallest absolute Gasteiger partial charge is 0.217 e. The summed E-state index contributed by atoms with van der Waals surface area (Å²) >= 11 is 0. The summed E-state index contributed by atoms with van der Waals surface area (Å²) in [4.78, 5) is 10.7. The Labute approximate surface area is 67.5 Å². The maximum atomic E-state index is 10.7. The van der Waals surface area contributed by atoms with Gasteiger partial charge in [-0.15, -0.1) is 0 Å². The first kappa shape index (κ1) is 8.53. The first-order valence-corrected chi connectivity index (χ1v) is 4.18. The van der Waals surface area contributed by atoms with Gasteiger partial charge in [0.05, 0.1) is 0 Å². The Balaban J connectivity index is 2.37. The zero-order valence-electron chi connectivity index (χ0n) is 7.18. The molecule has 0 heterocycles. The van der Waals surface area contributed by atoms with E-state index in [4.69, 9.17) is 0 Å². The number of hydrogen-bond acceptors (Lipinski definition) is 2. The number of hydrogen-bond donors (Lipinski definition) is 2. The van der Waals surface area contributed by atoms with Crippen LogP contribution in [0, 0.1) is 0 Å². The van der Waals surface area contributed by atoms with E-state index in [-0.39, 0.29) is 5.91 Å². The zero-order valence-corrected chi connectivity index (χ0v) is 7.18. The van der Waals surface area contributed by atoms with Crippen LogP contribution in [0.25, 0.3) is 0 Å². The van der Waals surface area contributed by atoms with Crippen molar-refractivity contribution in [3.05, 3.63) is 0 Å². The SMILES string of the molecule is CN[C@@H]1CCC[C@H]1NC(C)=O. The molecule has 1 saturated carbocycles. The second-order valence-corrected chi connectivity index (χ2v) is 3.13. The molecule has 0 spiro atoms. The molecule has 0 aromatic heterocycles. The van der Waals surface area contributed by atoms with Crippen LogP contribution in [-0.2, 0) is 4.79 Å². The minimum atomic E-state index is 0.0807. The molecule has 2 atom stereocenters. The summed E-state index contributed by atoms with van der Waals surface area (Å²) in [6.45, 7) is 1.57. The molecule has 0 radical (unpaired) electrons. The van der Waals surface area contributed by atoms with Crippen molar-refractivity contribution in [2.45, 2.75) is 38.3 Å². The molecule has 0 aliphatic heterocycles. The van der Waals surface area contributed by atoms with Crippen LogP contribution < -0.4 is 10.6 Å². The van der Waals surface area contributed by atoms with Crippen molar-refractivity contribution in [1.29, 1.82) is 0 Å². The Bertz CT molecular complexity index is 147. The van der Waals surface area contributed by atoms with Gasteiger partial charge >= 0.3 is 0 Å². The van der Waals surface area contributed by atoms with E-state index in [1.165, 1.54) is 12.8 Å². The minimum absolute atomic E-state index is 0.0807. The monoisotopic (exact) mass is 156 g/mol. The summed E-state index contributed by atoms with van der Waals surface area (Å²) < 4.78 is 0. The van der Waals surface area contributed by atoms with Crippen molar-refractivity contribution in [3.8, 4) is 0 Å². The highest BCUT2D eigenvalue weighted by Crippen LogP contribution is 2.18. The lowest BCUT2D eigenvalue weighted by atomic mass is 10.2. The minimum Gasteiger partial charge on any atom is -0.352 e. The van der Waals surface area contributed by atoms with Crippen LogP contribution in [0.5, 0.6) is 0 Å². The van der Waals surface area contributed by atoms with E-state index in [9.17, 15) is 4.79 Å². The second kappa shape index (κ2) is 3.72. The molecule has 0 aromatic carbocycles. The van der Waals surface area contributed by atoms with Crippen LogP contribution in [0.1, 0.15) is 26.2 Å². The van der Waals surface area contributed by atoms with Gasteiger partial charge in [0, 0.05) is 19.0 Å². The van der Waals surface area contributed by atoms with E-state index in [1.54, 1.807) is 6.92 Å². The molecule has 2 N–H and O–H groups in total. The van der Waals surface area contributed by atoms with Crippen molar-refractivity contribution in [1.82, 2.24) is 10.6 Å². The molecule has 1 aliphatic rings.